The van der Waals surface area contributed by atoms with Gasteiger partial charge >= 0.3 is 0 Å². The van der Waals surface area contributed by atoms with E-state index in [2.05, 4.69) is 24.1 Å². The van der Waals surface area contributed by atoms with E-state index in [0.717, 1.165) is 70.3 Å². The smallest absolute Gasteiger partial charge is 0.229 e. The van der Waals surface area contributed by atoms with Gasteiger partial charge in [-0.15, -0.1) is 0 Å². The van der Waals surface area contributed by atoms with Crippen LogP contribution in [0.5, 0.6) is 0 Å². The molecule has 1 aromatic heterocycles. The summed E-state index contributed by atoms with van der Waals surface area (Å²) in [5, 5.41) is 3.42. The van der Waals surface area contributed by atoms with Gasteiger partial charge in [0.05, 0.1) is 5.92 Å². The van der Waals surface area contributed by atoms with E-state index >= 15 is 0 Å². The van der Waals surface area contributed by atoms with Gasteiger partial charge in [-0.3, -0.25) is 4.79 Å². The summed E-state index contributed by atoms with van der Waals surface area (Å²) in [7, 11) is 0. The minimum absolute atomic E-state index is 0.0949. The van der Waals surface area contributed by atoms with Crippen molar-refractivity contribution in [2.75, 3.05) is 43.1 Å². The number of primary amides is 1. The van der Waals surface area contributed by atoms with Crippen LogP contribution in [0.4, 0.5) is 20.4 Å². The van der Waals surface area contributed by atoms with Gasteiger partial charge in [-0.2, -0.15) is 0 Å². The number of nitrogens with zero attached hydrogens (tertiary/aromatic N) is 2. The fourth-order valence-electron chi connectivity index (χ4n) is 4.77. The number of hydrogen-bond donors (Lipinski definition) is 2. The Bertz CT molecular complexity index is 988. The quantitative estimate of drug-likeness (QED) is 0.654. The summed E-state index contributed by atoms with van der Waals surface area (Å²) in [6.45, 7) is 8.25. The van der Waals surface area contributed by atoms with E-state index < -0.39 is 23.5 Å². The van der Waals surface area contributed by atoms with Gasteiger partial charge in [0.2, 0.25) is 5.91 Å². The highest BCUT2D eigenvalue weighted by molar-refractivity contribution is 5.87. The molecule has 1 amide bonds. The molecule has 1 aromatic carbocycles. The monoisotopic (exact) mass is 458 g/mol. The number of benzene rings is 1. The number of anilines is 2. The lowest BCUT2D eigenvalue weighted by Gasteiger charge is -2.27. The number of carbonyl (C=O) groups is 1. The van der Waals surface area contributed by atoms with Crippen molar-refractivity contribution in [3.05, 3.63) is 53.1 Å². The molecule has 8 heteroatoms. The number of carbonyl (C=O) groups excluding carboxylic acids is 1. The van der Waals surface area contributed by atoms with Crippen LogP contribution in [0.2, 0.25) is 0 Å². The second-order valence-corrected chi connectivity index (χ2v) is 9.92. The molecule has 0 saturated carbocycles. The molecule has 3 heterocycles. The fraction of sp³-hybridized carbons (Fsp3) is 0.520. The second kappa shape index (κ2) is 9.63. The number of pyridine rings is 1. The van der Waals surface area contributed by atoms with E-state index in [1.165, 1.54) is 0 Å². The van der Waals surface area contributed by atoms with Crippen LogP contribution in [0.15, 0.2) is 30.3 Å². The van der Waals surface area contributed by atoms with Gasteiger partial charge in [0.1, 0.15) is 23.3 Å². The number of halogens is 2. The molecular formula is C25H32F2N4O2. The predicted octanol–water partition coefficient (Wildman–Crippen LogP) is 4.05. The third-order valence-electron chi connectivity index (χ3n) is 6.61. The van der Waals surface area contributed by atoms with Crippen LogP contribution in [0, 0.1) is 23.0 Å². The van der Waals surface area contributed by atoms with Crippen molar-refractivity contribution in [2.24, 2.45) is 17.1 Å². The number of nitrogens with two attached hydrogens (primary N) is 1. The van der Waals surface area contributed by atoms with E-state index in [9.17, 15) is 13.6 Å². The molecule has 2 aliphatic heterocycles. The highest BCUT2D eigenvalue weighted by Crippen LogP contribution is 2.38. The first-order valence-electron chi connectivity index (χ1n) is 11.5. The molecule has 1 atom stereocenters. The minimum Gasteiger partial charge on any atom is -0.381 e. The Morgan fingerprint density at radius 3 is 2.55 bits per heavy atom. The Balaban J connectivity index is 1.69. The van der Waals surface area contributed by atoms with Crippen LogP contribution in [0.1, 0.15) is 50.2 Å². The highest BCUT2D eigenvalue weighted by atomic mass is 19.1. The van der Waals surface area contributed by atoms with E-state index in [1.807, 2.05) is 6.07 Å². The molecule has 2 aliphatic rings. The van der Waals surface area contributed by atoms with Crippen molar-refractivity contribution < 1.29 is 18.3 Å². The molecule has 6 nitrogen and oxygen atoms in total. The van der Waals surface area contributed by atoms with Gasteiger partial charge in [-0.1, -0.05) is 19.9 Å². The van der Waals surface area contributed by atoms with Gasteiger partial charge in [-0.05, 0) is 54.4 Å². The third-order valence-corrected chi connectivity index (χ3v) is 6.61. The Hall–Kier alpha value is -2.74. The fourth-order valence-corrected chi connectivity index (χ4v) is 4.77. The summed E-state index contributed by atoms with van der Waals surface area (Å²) < 4.78 is 33.4. The summed E-state index contributed by atoms with van der Waals surface area (Å²) in [4.78, 5) is 19.5. The highest BCUT2D eigenvalue weighted by Gasteiger charge is 2.34. The third kappa shape index (κ3) is 5.61. The van der Waals surface area contributed by atoms with Gasteiger partial charge in [-0.25, -0.2) is 13.8 Å². The number of amides is 1. The number of aromatic nitrogens is 1. The molecule has 0 bridgehead atoms. The first-order chi connectivity index (χ1) is 15.7. The lowest BCUT2D eigenvalue weighted by atomic mass is 9.90. The molecule has 33 heavy (non-hydrogen) atoms. The SMILES string of the molecule is CC1(C)CCN(c2nc(NCC3CCOCC3)ccc2C(C(N)=O)c2cc(F)cc(F)c2)C1. The van der Waals surface area contributed by atoms with Crippen LogP contribution < -0.4 is 16.0 Å². The van der Waals surface area contributed by atoms with Gasteiger partial charge in [0, 0.05) is 44.5 Å². The number of nitrogens with one attached hydrogen (secondary N) is 1. The molecule has 0 radical (unpaired) electrons. The molecule has 4 rings (SSSR count). The van der Waals surface area contributed by atoms with Crippen LogP contribution in [-0.4, -0.2) is 43.7 Å². The van der Waals surface area contributed by atoms with Gasteiger partial charge in [0.15, 0.2) is 0 Å². The van der Waals surface area contributed by atoms with E-state index in [0.29, 0.717) is 23.1 Å². The summed E-state index contributed by atoms with van der Waals surface area (Å²) in [5.41, 5.74) is 6.60. The zero-order valence-electron chi connectivity index (χ0n) is 19.2. The summed E-state index contributed by atoms with van der Waals surface area (Å²) in [6.07, 6.45) is 2.99. The largest absolute Gasteiger partial charge is 0.381 e. The van der Waals surface area contributed by atoms with Crippen LogP contribution >= 0.6 is 0 Å². The van der Waals surface area contributed by atoms with Crippen molar-refractivity contribution in [1.29, 1.82) is 0 Å². The van der Waals surface area contributed by atoms with E-state index in [1.54, 1.807) is 6.07 Å². The molecule has 0 aliphatic carbocycles. The van der Waals surface area contributed by atoms with Crippen molar-refractivity contribution in [3.8, 4) is 0 Å². The number of ether oxygens (including phenoxy) is 1. The first kappa shape index (κ1) is 23.4. The van der Waals surface area contributed by atoms with E-state index in [4.69, 9.17) is 15.5 Å². The standard InChI is InChI=1S/C25H32F2N4O2/c1-25(2)7-8-31(15-25)24-20(22(23(28)32)17-11-18(26)13-19(27)12-17)3-4-21(30-24)29-14-16-5-9-33-10-6-16/h3-4,11-13,16,22H,5-10,14-15H2,1-2H3,(H2,28,32)(H,29,30). The normalized spacial score (nSPS) is 19.5. The molecule has 2 saturated heterocycles. The maximum Gasteiger partial charge on any atom is 0.229 e. The molecule has 0 spiro atoms. The van der Waals surface area contributed by atoms with Crippen LogP contribution in [-0.2, 0) is 9.53 Å². The zero-order valence-corrected chi connectivity index (χ0v) is 19.2. The van der Waals surface area contributed by atoms with Gasteiger partial charge in [0.25, 0.3) is 0 Å². The lowest BCUT2D eigenvalue weighted by Crippen LogP contribution is -2.29. The molecule has 2 fully saturated rings. The topological polar surface area (TPSA) is 80.5 Å². The average molecular weight is 459 g/mol. The van der Waals surface area contributed by atoms with Crippen molar-refractivity contribution in [2.45, 2.75) is 39.0 Å². The Morgan fingerprint density at radius 2 is 1.94 bits per heavy atom. The van der Waals surface area contributed by atoms with Crippen LogP contribution in [0.3, 0.4) is 0 Å². The summed E-state index contributed by atoms with van der Waals surface area (Å²) in [6, 6.07) is 6.72. The summed E-state index contributed by atoms with van der Waals surface area (Å²) >= 11 is 0. The predicted molar refractivity (Wildman–Crippen MR) is 124 cm³/mol. The maximum absolute atomic E-state index is 14.0. The van der Waals surface area contributed by atoms with Crippen molar-refractivity contribution >= 4 is 17.5 Å². The maximum atomic E-state index is 14.0. The van der Waals surface area contributed by atoms with Crippen molar-refractivity contribution in [1.82, 2.24) is 4.98 Å². The molecule has 1 unspecified atom stereocenters. The molecular weight excluding hydrogens is 426 g/mol. The van der Waals surface area contributed by atoms with Crippen molar-refractivity contribution in [3.63, 3.8) is 0 Å². The van der Waals surface area contributed by atoms with Crippen LogP contribution in [0.25, 0.3) is 0 Å². The zero-order chi connectivity index (χ0) is 23.6. The minimum atomic E-state index is -1.01. The van der Waals surface area contributed by atoms with Gasteiger partial charge < -0.3 is 20.7 Å². The average Bonchev–Trinajstić information content (AvgIpc) is 3.12. The Kier molecular flexibility index (Phi) is 6.83. The summed E-state index contributed by atoms with van der Waals surface area (Å²) in [5.74, 6) is -1.33. The first-order valence-corrected chi connectivity index (χ1v) is 11.5. The Labute approximate surface area is 193 Å². The molecule has 2 aromatic rings. The number of rotatable bonds is 7. The molecule has 3 N–H and O–H groups in total. The Morgan fingerprint density at radius 1 is 1.24 bits per heavy atom. The number of hydrogen-bond acceptors (Lipinski definition) is 5. The van der Waals surface area contributed by atoms with E-state index in [-0.39, 0.29) is 11.0 Å². The lowest BCUT2D eigenvalue weighted by molar-refractivity contribution is -0.118. The molecule has 178 valence electrons. The second-order valence-electron chi connectivity index (χ2n) is 9.92.